The third kappa shape index (κ3) is 2.06. The van der Waals surface area contributed by atoms with Gasteiger partial charge in [0.15, 0.2) is 11.5 Å². The van der Waals surface area contributed by atoms with Crippen molar-refractivity contribution in [2.45, 2.75) is 19.6 Å². The average molecular weight is 248 g/mol. The number of ether oxygens (including phenoxy) is 3. The summed E-state index contributed by atoms with van der Waals surface area (Å²) in [5, 5.41) is 0. The van der Waals surface area contributed by atoms with Crippen LogP contribution >= 0.6 is 0 Å². The van der Waals surface area contributed by atoms with Crippen LogP contribution in [-0.4, -0.2) is 29.4 Å². The molecular weight excluding hydrogens is 236 g/mol. The van der Waals surface area contributed by atoms with Gasteiger partial charge in [-0.2, -0.15) is 4.79 Å². The zero-order chi connectivity index (χ0) is 13.3. The minimum absolute atomic E-state index is 0.186. The van der Waals surface area contributed by atoms with Gasteiger partial charge < -0.3 is 19.7 Å². The van der Waals surface area contributed by atoms with Crippen molar-refractivity contribution in [3.05, 3.63) is 29.3 Å². The molecule has 0 N–H and O–H groups in total. The van der Waals surface area contributed by atoms with E-state index < -0.39 is 11.8 Å². The lowest BCUT2D eigenvalue weighted by Crippen LogP contribution is -2.29. The molecule has 6 nitrogen and oxygen atoms in total. The summed E-state index contributed by atoms with van der Waals surface area (Å²) in [5.41, 5.74) is 9.05. The van der Waals surface area contributed by atoms with Crippen molar-refractivity contribution >= 4 is 11.7 Å². The highest BCUT2D eigenvalue weighted by molar-refractivity contribution is 6.40. The van der Waals surface area contributed by atoms with Crippen LogP contribution in [0.2, 0.25) is 0 Å². The Morgan fingerprint density at radius 1 is 1.33 bits per heavy atom. The molecule has 0 amide bonds. The number of rotatable bonds is 2. The Hall–Kier alpha value is -2.33. The normalized spacial score (nSPS) is 14.8. The zero-order valence-electron chi connectivity index (χ0n) is 10.3. The van der Waals surface area contributed by atoms with Crippen molar-refractivity contribution in [3.63, 3.8) is 0 Å². The fourth-order valence-corrected chi connectivity index (χ4v) is 1.68. The van der Waals surface area contributed by atoms with E-state index in [1.54, 1.807) is 32.0 Å². The third-order valence-corrected chi connectivity index (χ3v) is 2.41. The smallest absolute Gasteiger partial charge is 0.422 e. The first-order chi connectivity index (χ1) is 8.46. The minimum atomic E-state index is -0.747. The van der Waals surface area contributed by atoms with Gasteiger partial charge >= 0.3 is 11.7 Å². The van der Waals surface area contributed by atoms with E-state index in [1.807, 2.05) is 0 Å². The highest BCUT2D eigenvalue weighted by Gasteiger charge is 2.33. The second-order valence-corrected chi connectivity index (χ2v) is 4.21. The average Bonchev–Trinajstić information content (AvgIpc) is 2.62. The monoisotopic (exact) mass is 248 g/mol. The van der Waals surface area contributed by atoms with Crippen molar-refractivity contribution in [1.82, 2.24) is 0 Å². The van der Waals surface area contributed by atoms with Crippen LogP contribution in [0.3, 0.4) is 0 Å². The van der Waals surface area contributed by atoms with E-state index in [9.17, 15) is 4.79 Å². The summed E-state index contributed by atoms with van der Waals surface area (Å²) in [7, 11) is 1.21. The molecule has 94 valence electrons. The molecule has 0 aliphatic carbocycles. The molecule has 6 heteroatoms. The van der Waals surface area contributed by atoms with Gasteiger partial charge in [-0.3, -0.25) is 0 Å². The summed E-state index contributed by atoms with van der Waals surface area (Å²) < 4.78 is 15.6. The molecule has 0 saturated carbocycles. The van der Waals surface area contributed by atoms with Gasteiger partial charge in [-0.15, -0.1) is 0 Å². The maximum Gasteiger partial charge on any atom is 0.422 e. The first-order valence-electron chi connectivity index (χ1n) is 5.29. The summed E-state index contributed by atoms with van der Waals surface area (Å²) in [5.74, 6) is -0.410. The topological polar surface area (TPSA) is 81.2 Å². The Kier molecular flexibility index (Phi) is 2.80. The number of hydrogen-bond donors (Lipinski definition) is 0. The molecule has 0 unspecified atom stereocenters. The number of carbonyl (C=O) groups is 1. The molecule has 2 rings (SSSR count). The SMILES string of the molecule is COC(=O)C(=[N+]=[N-])c1ccc2c(c1)OC(C)(C)O2. The van der Waals surface area contributed by atoms with Gasteiger partial charge in [0.05, 0.1) is 12.7 Å². The minimum Gasteiger partial charge on any atom is -0.460 e. The fraction of sp³-hybridized carbons (Fsp3) is 0.333. The molecule has 0 bridgehead atoms. The second kappa shape index (κ2) is 4.16. The Bertz CT molecular complexity index is 559. The van der Waals surface area contributed by atoms with Crippen molar-refractivity contribution in [2.75, 3.05) is 7.11 Å². The lowest BCUT2D eigenvalue weighted by molar-refractivity contribution is -0.137. The number of methoxy groups -OCH3 is 1. The van der Waals surface area contributed by atoms with Gasteiger partial charge in [-0.05, 0) is 18.2 Å². The predicted molar refractivity (Wildman–Crippen MR) is 61.5 cm³/mol. The van der Waals surface area contributed by atoms with E-state index >= 15 is 0 Å². The zero-order valence-corrected chi connectivity index (χ0v) is 10.3. The maximum absolute atomic E-state index is 11.4. The lowest BCUT2D eigenvalue weighted by Gasteiger charge is -2.16. The summed E-state index contributed by atoms with van der Waals surface area (Å²) in [6.45, 7) is 3.54. The van der Waals surface area contributed by atoms with E-state index in [4.69, 9.17) is 15.0 Å². The fourth-order valence-electron chi connectivity index (χ4n) is 1.68. The lowest BCUT2D eigenvalue weighted by atomic mass is 10.1. The Labute approximate surface area is 104 Å². The van der Waals surface area contributed by atoms with Gasteiger partial charge in [0.2, 0.25) is 5.79 Å². The molecule has 1 aromatic rings. The number of fused-ring (bicyclic) bond motifs is 1. The molecular formula is C12H12N2O4. The third-order valence-electron chi connectivity index (χ3n) is 2.41. The molecule has 0 atom stereocenters. The van der Waals surface area contributed by atoms with Crippen molar-refractivity contribution < 1.29 is 23.8 Å². The quantitative estimate of drug-likeness (QED) is 0.343. The largest absolute Gasteiger partial charge is 0.460 e. The standard InChI is InChI=1S/C12H12N2O4/c1-12(2)17-8-5-4-7(6-9(8)18-12)10(14-13)11(15)16-3/h4-6H,1-3H3. The van der Waals surface area contributed by atoms with Gasteiger partial charge in [-0.25, -0.2) is 4.79 Å². The Morgan fingerprint density at radius 3 is 2.61 bits per heavy atom. The molecule has 0 aromatic heterocycles. The van der Waals surface area contributed by atoms with Gasteiger partial charge in [0, 0.05) is 13.8 Å². The summed E-state index contributed by atoms with van der Waals surface area (Å²) in [6, 6.07) is 4.80. The van der Waals surface area contributed by atoms with Crippen LogP contribution in [0.15, 0.2) is 18.2 Å². The first kappa shape index (κ1) is 12.1. The first-order valence-corrected chi connectivity index (χ1v) is 5.29. The Balaban J connectivity index is 2.40. The van der Waals surface area contributed by atoms with E-state index in [1.165, 1.54) is 7.11 Å². The van der Waals surface area contributed by atoms with Crippen molar-refractivity contribution in [1.29, 1.82) is 0 Å². The van der Waals surface area contributed by atoms with Crippen LogP contribution < -0.4 is 9.47 Å². The molecule has 1 aliphatic rings. The van der Waals surface area contributed by atoms with Crippen LogP contribution in [0.25, 0.3) is 5.53 Å². The van der Waals surface area contributed by atoms with Crippen LogP contribution in [0.1, 0.15) is 19.4 Å². The van der Waals surface area contributed by atoms with E-state index in [0.29, 0.717) is 17.1 Å². The number of benzene rings is 1. The number of nitrogens with zero attached hydrogens (tertiary/aromatic N) is 2. The summed E-state index contributed by atoms with van der Waals surface area (Å²) >= 11 is 0. The number of esters is 1. The van der Waals surface area contributed by atoms with Crippen LogP contribution in [0, 0.1) is 0 Å². The second-order valence-electron chi connectivity index (χ2n) is 4.21. The van der Waals surface area contributed by atoms with Gasteiger partial charge in [0.1, 0.15) is 0 Å². The molecule has 1 aliphatic heterocycles. The summed E-state index contributed by atoms with van der Waals surface area (Å²) in [6.07, 6.45) is 0. The molecule has 1 heterocycles. The molecule has 0 fully saturated rings. The highest BCUT2D eigenvalue weighted by atomic mass is 16.7. The van der Waals surface area contributed by atoms with Crippen LogP contribution in [-0.2, 0) is 9.53 Å². The van der Waals surface area contributed by atoms with E-state index in [2.05, 4.69) is 9.53 Å². The van der Waals surface area contributed by atoms with E-state index in [-0.39, 0.29) is 5.71 Å². The number of carbonyl (C=O) groups excluding carboxylic acids is 1. The highest BCUT2D eigenvalue weighted by Crippen LogP contribution is 2.39. The molecule has 0 radical (unpaired) electrons. The summed E-state index contributed by atoms with van der Waals surface area (Å²) in [4.78, 5) is 14.3. The maximum atomic E-state index is 11.4. The molecule has 0 spiro atoms. The van der Waals surface area contributed by atoms with Gasteiger partial charge in [0.25, 0.3) is 0 Å². The molecule has 1 aromatic carbocycles. The number of hydrogen-bond acceptors (Lipinski definition) is 4. The Morgan fingerprint density at radius 2 is 2.00 bits per heavy atom. The van der Waals surface area contributed by atoms with Crippen LogP contribution in [0.4, 0.5) is 0 Å². The van der Waals surface area contributed by atoms with E-state index in [0.717, 1.165) is 0 Å². The van der Waals surface area contributed by atoms with Crippen molar-refractivity contribution in [3.8, 4) is 11.5 Å². The molecule has 0 saturated heterocycles. The van der Waals surface area contributed by atoms with Crippen LogP contribution in [0.5, 0.6) is 11.5 Å². The van der Waals surface area contributed by atoms with Gasteiger partial charge in [-0.1, -0.05) is 0 Å². The predicted octanol–water partition coefficient (Wildman–Crippen LogP) is 1.39. The molecule has 18 heavy (non-hydrogen) atoms. The van der Waals surface area contributed by atoms with Crippen molar-refractivity contribution in [2.24, 2.45) is 0 Å².